The van der Waals surface area contributed by atoms with Crippen molar-refractivity contribution in [1.29, 1.82) is 0 Å². The van der Waals surface area contributed by atoms with Crippen LogP contribution in [0.1, 0.15) is 113 Å². The van der Waals surface area contributed by atoms with Crippen molar-refractivity contribution in [2.75, 3.05) is 39.6 Å². The van der Waals surface area contributed by atoms with Crippen LogP contribution < -0.4 is 0 Å². The summed E-state index contributed by atoms with van der Waals surface area (Å²) in [4.78, 5) is 25.5. The number of hydrogen-bond acceptors (Lipinski definition) is 8. The average molecular weight is 623 g/mol. The molecule has 1 aliphatic heterocycles. The SMILES string of the molecule is CCCCCCCC/C=C/C=C(\C)C1OC(=O)CC(OCCOCC)CCC(C)(OCCOCC)C(OC(C)=O)/C=C/C1C. The van der Waals surface area contributed by atoms with Gasteiger partial charge in [0.05, 0.1) is 39.0 Å². The first-order chi connectivity index (χ1) is 21.2. The molecule has 5 unspecified atom stereocenters. The highest BCUT2D eigenvalue weighted by Crippen LogP contribution is 2.30. The Morgan fingerprint density at radius 2 is 1.66 bits per heavy atom. The fraction of sp³-hybridized carbons (Fsp3) is 0.778. The van der Waals surface area contributed by atoms with Crippen molar-refractivity contribution in [3.8, 4) is 0 Å². The van der Waals surface area contributed by atoms with E-state index in [1.807, 2.05) is 52.8 Å². The van der Waals surface area contributed by atoms with E-state index < -0.39 is 29.9 Å². The van der Waals surface area contributed by atoms with Crippen molar-refractivity contribution in [1.82, 2.24) is 0 Å². The van der Waals surface area contributed by atoms with Crippen molar-refractivity contribution in [2.45, 2.75) is 137 Å². The second-order valence-electron chi connectivity index (χ2n) is 11.9. The number of cyclic esters (lactones) is 1. The second kappa shape index (κ2) is 24.3. The van der Waals surface area contributed by atoms with Gasteiger partial charge in [-0.3, -0.25) is 9.59 Å². The Labute approximate surface area is 267 Å². The van der Waals surface area contributed by atoms with Gasteiger partial charge in [0, 0.05) is 26.1 Å². The number of carbonyl (C=O) groups is 2. The molecule has 0 spiro atoms. The summed E-state index contributed by atoms with van der Waals surface area (Å²) in [5.74, 6) is -0.876. The second-order valence-corrected chi connectivity index (χ2v) is 11.9. The summed E-state index contributed by atoms with van der Waals surface area (Å²) in [5, 5.41) is 0. The van der Waals surface area contributed by atoms with E-state index in [9.17, 15) is 9.59 Å². The van der Waals surface area contributed by atoms with Crippen LogP contribution in [0.5, 0.6) is 0 Å². The molecule has 0 radical (unpaired) electrons. The van der Waals surface area contributed by atoms with Crippen LogP contribution in [-0.2, 0) is 38.0 Å². The van der Waals surface area contributed by atoms with Crippen LogP contribution in [0.2, 0.25) is 0 Å². The molecular formula is C36H62O8. The molecule has 0 saturated heterocycles. The van der Waals surface area contributed by atoms with E-state index in [2.05, 4.69) is 19.1 Å². The number of ether oxygens (including phenoxy) is 6. The van der Waals surface area contributed by atoms with E-state index in [1.54, 1.807) is 0 Å². The van der Waals surface area contributed by atoms with Gasteiger partial charge in [-0.2, -0.15) is 0 Å². The third-order valence-electron chi connectivity index (χ3n) is 7.89. The van der Waals surface area contributed by atoms with Gasteiger partial charge >= 0.3 is 11.9 Å². The van der Waals surface area contributed by atoms with Crippen LogP contribution >= 0.6 is 0 Å². The summed E-state index contributed by atoms with van der Waals surface area (Å²) in [6.07, 6.45) is 18.3. The first kappa shape index (κ1) is 40.0. The maximum Gasteiger partial charge on any atom is 0.309 e. The van der Waals surface area contributed by atoms with Gasteiger partial charge in [0.1, 0.15) is 17.8 Å². The third kappa shape index (κ3) is 17.5. The largest absolute Gasteiger partial charge is 0.457 e. The number of esters is 2. The molecule has 8 heteroatoms. The highest BCUT2D eigenvalue weighted by Gasteiger charge is 2.38. The zero-order valence-electron chi connectivity index (χ0n) is 28.8. The van der Waals surface area contributed by atoms with E-state index in [0.29, 0.717) is 52.5 Å². The summed E-state index contributed by atoms with van der Waals surface area (Å²) >= 11 is 0. The summed E-state index contributed by atoms with van der Waals surface area (Å²) < 4.78 is 35.3. The van der Waals surface area contributed by atoms with Crippen molar-refractivity contribution in [3.63, 3.8) is 0 Å². The molecule has 1 rings (SSSR count). The third-order valence-corrected chi connectivity index (χ3v) is 7.89. The van der Waals surface area contributed by atoms with Gasteiger partial charge < -0.3 is 28.4 Å². The summed E-state index contributed by atoms with van der Waals surface area (Å²) in [5.41, 5.74) is 0.0869. The van der Waals surface area contributed by atoms with Gasteiger partial charge in [-0.15, -0.1) is 0 Å². The Morgan fingerprint density at radius 3 is 2.34 bits per heavy atom. The van der Waals surface area contributed by atoms with Crippen molar-refractivity contribution in [2.24, 2.45) is 5.92 Å². The summed E-state index contributed by atoms with van der Waals surface area (Å²) in [6.45, 7) is 16.2. The van der Waals surface area contributed by atoms with Crippen LogP contribution in [0, 0.1) is 5.92 Å². The number of carbonyl (C=O) groups excluding carboxylic acids is 2. The molecule has 0 aromatic heterocycles. The molecule has 0 aliphatic carbocycles. The minimum absolute atomic E-state index is 0.105. The minimum atomic E-state index is -0.858. The molecule has 8 nitrogen and oxygen atoms in total. The maximum atomic E-state index is 13.3. The van der Waals surface area contributed by atoms with E-state index in [0.717, 1.165) is 12.0 Å². The highest BCUT2D eigenvalue weighted by molar-refractivity contribution is 5.70. The summed E-state index contributed by atoms with van der Waals surface area (Å²) in [6, 6.07) is 0. The Balaban J connectivity index is 3.22. The van der Waals surface area contributed by atoms with Gasteiger partial charge in [0.15, 0.2) is 0 Å². The topological polar surface area (TPSA) is 89.5 Å². The Kier molecular flexibility index (Phi) is 22.1. The van der Waals surface area contributed by atoms with Crippen LogP contribution in [0.25, 0.3) is 0 Å². The monoisotopic (exact) mass is 622 g/mol. The zero-order chi connectivity index (χ0) is 32.6. The van der Waals surface area contributed by atoms with Crippen LogP contribution in [0.4, 0.5) is 0 Å². The van der Waals surface area contributed by atoms with E-state index in [1.165, 1.54) is 45.4 Å². The van der Waals surface area contributed by atoms with E-state index >= 15 is 0 Å². The lowest BCUT2D eigenvalue weighted by Crippen LogP contribution is -2.45. The van der Waals surface area contributed by atoms with Crippen molar-refractivity contribution in [3.05, 3.63) is 36.0 Å². The van der Waals surface area contributed by atoms with Gasteiger partial charge in [0.2, 0.25) is 0 Å². The maximum absolute atomic E-state index is 13.3. The van der Waals surface area contributed by atoms with E-state index in [-0.39, 0.29) is 18.3 Å². The van der Waals surface area contributed by atoms with Crippen LogP contribution in [-0.4, -0.2) is 75.5 Å². The average Bonchev–Trinajstić information content (AvgIpc) is 2.99. The Hall–Kier alpha value is -2.00. The van der Waals surface area contributed by atoms with Gasteiger partial charge in [-0.25, -0.2) is 0 Å². The molecule has 0 amide bonds. The van der Waals surface area contributed by atoms with Crippen molar-refractivity contribution < 1.29 is 38.0 Å². The fourth-order valence-corrected chi connectivity index (χ4v) is 5.25. The zero-order valence-corrected chi connectivity index (χ0v) is 28.8. The molecule has 1 heterocycles. The minimum Gasteiger partial charge on any atom is -0.457 e. The Bertz CT molecular complexity index is 866. The number of unbranched alkanes of at least 4 members (excludes halogenated alkanes) is 6. The standard InChI is InChI=1S/C36H62O8/c1-8-11-12-13-14-15-16-17-18-19-29(4)35-30(5)20-21-33(43-31(6)37)36(7,42-27-25-40-10-3)23-22-32(28-34(38)44-35)41-26-24-39-9-2/h17-21,30,32-33,35H,8-16,22-28H2,1-7H3/b18-17+,21-20+,29-19+. The molecule has 5 atom stereocenters. The molecule has 0 saturated carbocycles. The highest BCUT2D eigenvalue weighted by atomic mass is 16.6. The predicted octanol–water partition coefficient (Wildman–Crippen LogP) is 7.69. The number of rotatable bonds is 20. The molecule has 254 valence electrons. The lowest BCUT2D eigenvalue weighted by Gasteiger charge is -2.37. The molecule has 44 heavy (non-hydrogen) atoms. The van der Waals surface area contributed by atoms with Gasteiger partial charge in [-0.1, -0.05) is 70.3 Å². The molecule has 0 bridgehead atoms. The first-order valence-corrected chi connectivity index (χ1v) is 17.0. The molecule has 0 aromatic carbocycles. The first-order valence-electron chi connectivity index (χ1n) is 17.0. The Morgan fingerprint density at radius 1 is 0.977 bits per heavy atom. The van der Waals surface area contributed by atoms with Crippen LogP contribution in [0.3, 0.4) is 0 Å². The lowest BCUT2D eigenvalue weighted by molar-refractivity contribution is -0.167. The smallest absolute Gasteiger partial charge is 0.309 e. The van der Waals surface area contributed by atoms with Gasteiger partial charge in [0.25, 0.3) is 0 Å². The number of allylic oxidation sites excluding steroid dienone is 3. The molecule has 0 fully saturated rings. The molecule has 0 N–H and O–H groups in total. The van der Waals surface area contributed by atoms with Crippen LogP contribution in [0.15, 0.2) is 36.0 Å². The predicted molar refractivity (Wildman–Crippen MR) is 176 cm³/mol. The summed E-state index contributed by atoms with van der Waals surface area (Å²) in [7, 11) is 0. The quantitative estimate of drug-likeness (QED) is 0.0591. The molecular weight excluding hydrogens is 560 g/mol. The van der Waals surface area contributed by atoms with Crippen molar-refractivity contribution >= 4 is 11.9 Å². The lowest BCUT2D eigenvalue weighted by atomic mass is 9.88. The van der Waals surface area contributed by atoms with Gasteiger partial charge in [-0.05, 0) is 65.0 Å². The molecule has 1 aliphatic rings. The fourth-order valence-electron chi connectivity index (χ4n) is 5.25. The normalized spacial score (nSPS) is 26.2. The van der Waals surface area contributed by atoms with E-state index in [4.69, 9.17) is 28.4 Å². The molecule has 0 aromatic rings. The number of hydrogen-bond donors (Lipinski definition) is 0.